The zero-order valence-corrected chi connectivity index (χ0v) is 15.3. The SMILES string of the molecule is CCCSc1nc(Cl)c([N+](=O)[O-])c(NC2CC2c2ccc(F)c(F)c2)n1. The van der Waals surface area contributed by atoms with E-state index in [4.69, 9.17) is 11.6 Å². The average Bonchev–Trinajstić information content (AvgIpc) is 3.33. The molecule has 0 aliphatic heterocycles. The Balaban J connectivity index is 1.81. The first-order valence-corrected chi connectivity index (χ1v) is 9.33. The summed E-state index contributed by atoms with van der Waals surface area (Å²) in [5.74, 6) is -1.10. The minimum Gasteiger partial charge on any atom is -0.361 e. The highest BCUT2D eigenvalue weighted by Crippen LogP contribution is 2.44. The van der Waals surface area contributed by atoms with Gasteiger partial charge in [-0.3, -0.25) is 10.1 Å². The van der Waals surface area contributed by atoms with Crippen LogP contribution in [-0.4, -0.2) is 26.7 Å². The number of nitro groups is 1. The third-order valence-electron chi connectivity index (χ3n) is 3.92. The molecule has 1 saturated carbocycles. The predicted molar refractivity (Wildman–Crippen MR) is 95.8 cm³/mol. The number of aromatic nitrogens is 2. The van der Waals surface area contributed by atoms with Crippen LogP contribution in [0.5, 0.6) is 0 Å². The Hall–Kier alpha value is -2.00. The van der Waals surface area contributed by atoms with E-state index >= 15 is 0 Å². The summed E-state index contributed by atoms with van der Waals surface area (Å²) in [6, 6.07) is 3.55. The van der Waals surface area contributed by atoms with Gasteiger partial charge in [0.25, 0.3) is 0 Å². The molecule has 2 unspecified atom stereocenters. The van der Waals surface area contributed by atoms with Crippen LogP contribution in [0.25, 0.3) is 0 Å². The molecule has 0 spiro atoms. The summed E-state index contributed by atoms with van der Waals surface area (Å²) < 4.78 is 26.4. The van der Waals surface area contributed by atoms with Crippen LogP contribution >= 0.6 is 23.4 Å². The Kier molecular flexibility index (Phi) is 5.57. The van der Waals surface area contributed by atoms with Gasteiger partial charge in [-0.1, -0.05) is 36.4 Å². The van der Waals surface area contributed by atoms with E-state index in [0.29, 0.717) is 17.1 Å². The number of hydrogen-bond acceptors (Lipinski definition) is 6. The van der Waals surface area contributed by atoms with Gasteiger partial charge in [0, 0.05) is 17.7 Å². The Morgan fingerprint density at radius 1 is 1.38 bits per heavy atom. The van der Waals surface area contributed by atoms with Gasteiger partial charge in [-0.25, -0.2) is 13.8 Å². The molecule has 1 heterocycles. The van der Waals surface area contributed by atoms with Gasteiger partial charge in [-0.2, -0.15) is 4.98 Å². The van der Waals surface area contributed by atoms with Crippen LogP contribution in [0.1, 0.15) is 31.2 Å². The van der Waals surface area contributed by atoms with Gasteiger partial charge in [-0.05, 0) is 30.5 Å². The van der Waals surface area contributed by atoms with Crippen molar-refractivity contribution in [1.82, 2.24) is 9.97 Å². The van der Waals surface area contributed by atoms with Crippen molar-refractivity contribution in [2.24, 2.45) is 0 Å². The summed E-state index contributed by atoms with van der Waals surface area (Å²) in [5, 5.41) is 14.4. The number of nitrogens with one attached hydrogen (secondary N) is 1. The van der Waals surface area contributed by atoms with E-state index in [0.717, 1.165) is 24.3 Å². The third kappa shape index (κ3) is 4.04. The van der Waals surface area contributed by atoms with E-state index in [1.165, 1.54) is 17.8 Å². The van der Waals surface area contributed by atoms with Crippen LogP contribution in [-0.2, 0) is 0 Å². The highest BCUT2D eigenvalue weighted by atomic mass is 35.5. The van der Waals surface area contributed by atoms with Gasteiger partial charge >= 0.3 is 5.69 Å². The number of nitrogens with zero attached hydrogens (tertiary/aromatic N) is 3. The molecular weight excluding hydrogens is 386 g/mol. The van der Waals surface area contributed by atoms with E-state index in [1.807, 2.05) is 6.92 Å². The number of rotatable bonds is 7. The fraction of sp³-hybridized carbons (Fsp3) is 0.375. The zero-order chi connectivity index (χ0) is 18.8. The first-order chi connectivity index (χ1) is 12.4. The maximum absolute atomic E-state index is 13.4. The molecule has 1 aromatic heterocycles. The zero-order valence-electron chi connectivity index (χ0n) is 13.7. The molecule has 1 N–H and O–H groups in total. The second-order valence-corrected chi connectivity index (χ2v) is 7.29. The van der Waals surface area contributed by atoms with Gasteiger partial charge in [-0.15, -0.1) is 0 Å². The average molecular weight is 401 g/mol. The van der Waals surface area contributed by atoms with E-state index in [1.54, 1.807) is 0 Å². The van der Waals surface area contributed by atoms with Gasteiger partial charge in [0.05, 0.1) is 4.92 Å². The molecule has 10 heteroatoms. The predicted octanol–water partition coefficient (Wildman–Crippen LogP) is 4.79. The molecule has 3 rings (SSSR count). The van der Waals surface area contributed by atoms with E-state index in [9.17, 15) is 18.9 Å². The second kappa shape index (κ2) is 7.71. The minimum atomic E-state index is -0.914. The molecule has 138 valence electrons. The number of benzene rings is 1. The minimum absolute atomic E-state index is 0.0451. The lowest BCUT2D eigenvalue weighted by molar-refractivity contribution is -0.384. The molecular formula is C16H15ClF2N4O2S. The molecule has 0 amide bonds. The molecule has 2 aromatic rings. The van der Waals surface area contributed by atoms with Crippen LogP contribution < -0.4 is 5.32 Å². The number of thioether (sulfide) groups is 1. The van der Waals surface area contributed by atoms with Crippen molar-refractivity contribution in [3.63, 3.8) is 0 Å². The summed E-state index contributed by atoms with van der Waals surface area (Å²) in [7, 11) is 0. The van der Waals surface area contributed by atoms with Crippen molar-refractivity contribution >= 4 is 34.9 Å². The van der Waals surface area contributed by atoms with Crippen molar-refractivity contribution in [2.45, 2.75) is 36.9 Å². The smallest absolute Gasteiger partial charge is 0.348 e. The maximum atomic E-state index is 13.4. The van der Waals surface area contributed by atoms with Crippen LogP contribution in [0.15, 0.2) is 23.4 Å². The third-order valence-corrected chi connectivity index (χ3v) is 5.24. The molecule has 1 aliphatic rings. The highest BCUT2D eigenvalue weighted by molar-refractivity contribution is 7.99. The lowest BCUT2D eigenvalue weighted by atomic mass is 10.1. The monoisotopic (exact) mass is 400 g/mol. The van der Waals surface area contributed by atoms with E-state index in [2.05, 4.69) is 15.3 Å². The maximum Gasteiger partial charge on any atom is 0.348 e. The van der Waals surface area contributed by atoms with Crippen LogP contribution in [0.4, 0.5) is 20.3 Å². The molecule has 0 radical (unpaired) electrons. The van der Waals surface area contributed by atoms with Gasteiger partial charge in [0.15, 0.2) is 16.8 Å². The van der Waals surface area contributed by atoms with Crippen molar-refractivity contribution in [3.8, 4) is 0 Å². The number of hydrogen-bond donors (Lipinski definition) is 1. The van der Waals surface area contributed by atoms with E-state index in [-0.39, 0.29) is 28.6 Å². The molecule has 1 aromatic carbocycles. The Bertz CT molecular complexity index is 855. The molecule has 6 nitrogen and oxygen atoms in total. The molecule has 2 atom stereocenters. The van der Waals surface area contributed by atoms with Gasteiger partial charge in [0.1, 0.15) is 0 Å². The molecule has 1 aliphatic carbocycles. The van der Waals surface area contributed by atoms with Crippen LogP contribution in [0.2, 0.25) is 5.15 Å². The first-order valence-electron chi connectivity index (χ1n) is 7.97. The Morgan fingerprint density at radius 2 is 2.15 bits per heavy atom. The van der Waals surface area contributed by atoms with Crippen molar-refractivity contribution in [3.05, 3.63) is 50.7 Å². The van der Waals surface area contributed by atoms with E-state index < -0.39 is 16.6 Å². The molecule has 0 saturated heterocycles. The Labute approximate surface area is 157 Å². The van der Waals surface area contributed by atoms with Crippen molar-refractivity contribution < 1.29 is 13.7 Å². The van der Waals surface area contributed by atoms with Crippen LogP contribution in [0, 0.1) is 21.7 Å². The largest absolute Gasteiger partial charge is 0.361 e. The molecule has 26 heavy (non-hydrogen) atoms. The van der Waals surface area contributed by atoms with Crippen molar-refractivity contribution in [2.75, 3.05) is 11.1 Å². The molecule has 0 bridgehead atoms. The number of anilines is 1. The fourth-order valence-corrected chi connectivity index (χ4v) is 3.56. The van der Waals surface area contributed by atoms with Crippen molar-refractivity contribution in [1.29, 1.82) is 0 Å². The standard InChI is InChI=1S/C16H15ClF2N4O2S/c1-2-5-26-16-21-14(17)13(23(24)25)15(22-16)20-12-7-9(12)8-3-4-10(18)11(19)6-8/h3-4,6,9,12H,2,5,7H2,1H3,(H,20,21,22). The summed E-state index contributed by atoms with van der Waals surface area (Å²) in [5.41, 5.74) is 0.244. The summed E-state index contributed by atoms with van der Waals surface area (Å²) >= 11 is 7.32. The van der Waals surface area contributed by atoms with Crippen LogP contribution in [0.3, 0.4) is 0 Å². The van der Waals surface area contributed by atoms with Gasteiger partial charge < -0.3 is 5.32 Å². The topological polar surface area (TPSA) is 81.0 Å². The lowest BCUT2D eigenvalue weighted by Gasteiger charge is -2.09. The summed E-state index contributed by atoms with van der Waals surface area (Å²) in [4.78, 5) is 18.9. The molecule has 1 fully saturated rings. The lowest BCUT2D eigenvalue weighted by Crippen LogP contribution is -2.10. The first kappa shape index (κ1) is 18.8. The van der Waals surface area contributed by atoms with Gasteiger partial charge in [0.2, 0.25) is 11.0 Å². The summed E-state index contributed by atoms with van der Waals surface area (Å²) in [6.07, 6.45) is 1.52. The fourth-order valence-electron chi connectivity index (χ4n) is 2.57. The second-order valence-electron chi connectivity index (χ2n) is 5.87. The normalized spacial score (nSPS) is 18.6. The summed E-state index contributed by atoms with van der Waals surface area (Å²) in [6.45, 7) is 2.00. The number of halogens is 3. The Morgan fingerprint density at radius 3 is 2.81 bits per heavy atom. The quantitative estimate of drug-likeness (QED) is 0.237. The highest BCUT2D eigenvalue weighted by Gasteiger charge is 2.41.